The van der Waals surface area contributed by atoms with Gasteiger partial charge in [-0.2, -0.15) is 0 Å². The second-order valence-corrected chi connectivity index (χ2v) is 5.46. The van der Waals surface area contributed by atoms with Crippen molar-refractivity contribution in [3.05, 3.63) is 35.9 Å². The highest BCUT2D eigenvalue weighted by Crippen LogP contribution is 2.43. The van der Waals surface area contributed by atoms with Gasteiger partial charge >= 0.3 is 11.9 Å². The topological polar surface area (TPSA) is 84.9 Å². The van der Waals surface area contributed by atoms with E-state index in [4.69, 9.17) is 9.47 Å². The van der Waals surface area contributed by atoms with Gasteiger partial charge in [0.05, 0.1) is 14.2 Å². The number of carbonyl (C=O) groups excluding carboxylic acids is 2. The van der Waals surface area contributed by atoms with Crippen LogP contribution < -0.4 is 5.32 Å². The summed E-state index contributed by atoms with van der Waals surface area (Å²) < 4.78 is 9.65. The van der Waals surface area contributed by atoms with E-state index in [1.165, 1.54) is 14.2 Å². The number of benzene rings is 1. The Hall–Kier alpha value is -1.92. The first-order valence-corrected chi connectivity index (χ1v) is 7.13. The van der Waals surface area contributed by atoms with E-state index in [2.05, 4.69) is 5.32 Å². The van der Waals surface area contributed by atoms with Crippen LogP contribution in [0.3, 0.4) is 0 Å². The molecular weight excluding hydrogens is 286 g/mol. The van der Waals surface area contributed by atoms with Crippen LogP contribution in [0.15, 0.2) is 30.3 Å². The number of esters is 2. The molecule has 1 heterocycles. The number of nitrogens with one attached hydrogen (secondary N) is 1. The van der Waals surface area contributed by atoms with Crippen LogP contribution in [0, 0.1) is 11.8 Å². The maximum absolute atomic E-state index is 12.3. The van der Waals surface area contributed by atoms with Gasteiger partial charge in [-0.1, -0.05) is 37.3 Å². The first-order chi connectivity index (χ1) is 10.5. The molecule has 0 aromatic heterocycles. The van der Waals surface area contributed by atoms with Crippen LogP contribution in [-0.4, -0.2) is 43.4 Å². The van der Waals surface area contributed by atoms with E-state index in [0.29, 0.717) is 0 Å². The summed E-state index contributed by atoms with van der Waals surface area (Å²) >= 11 is 0. The normalized spacial score (nSPS) is 26.5. The smallest absolute Gasteiger partial charge is 0.338 e. The maximum atomic E-state index is 12.3. The van der Waals surface area contributed by atoms with Gasteiger partial charge in [0, 0.05) is 24.5 Å². The van der Waals surface area contributed by atoms with Gasteiger partial charge in [0.25, 0.3) is 0 Å². The van der Waals surface area contributed by atoms with Gasteiger partial charge in [-0.15, -0.1) is 0 Å². The Labute approximate surface area is 129 Å². The molecule has 1 aliphatic rings. The molecule has 1 fully saturated rings. The number of hydrogen-bond donors (Lipinski definition) is 2. The standard InChI is InChI=1S/C16H21NO5/c1-10-12(9-18)13(11-7-5-4-6-8-11)17-16(10,14(19)21-2)15(20)22-3/h4-8,10,12-13,17-18H,9H2,1-3H3/t10-,12-,13-/m1/s1. The average Bonchev–Trinajstić information content (AvgIpc) is 2.87. The van der Waals surface area contributed by atoms with Crippen molar-refractivity contribution in [3.63, 3.8) is 0 Å². The number of methoxy groups -OCH3 is 2. The van der Waals surface area contributed by atoms with E-state index in [-0.39, 0.29) is 18.6 Å². The molecule has 2 N–H and O–H groups in total. The molecule has 1 saturated heterocycles. The fourth-order valence-electron chi connectivity index (χ4n) is 3.24. The molecule has 0 spiro atoms. The van der Waals surface area contributed by atoms with Crippen LogP contribution in [0.1, 0.15) is 18.5 Å². The van der Waals surface area contributed by atoms with Gasteiger partial charge < -0.3 is 14.6 Å². The number of aliphatic hydroxyl groups excluding tert-OH is 1. The molecule has 0 radical (unpaired) electrons. The van der Waals surface area contributed by atoms with Gasteiger partial charge in [-0.25, -0.2) is 9.59 Å². The van der Waals surface area contributed by atoms with Crippen molar-refractivity contribution in [3.8, 4) is 0 Å². The van der Waals surface area contributed by atoms with Gasteiger partial charge in [-0.05, 0) is 5.56 Å². The molecule has 3 atom stereocenters. The summed E-state index contributed by atoms with van der Waals surface area (Å²) in [6.45, 7) is 1.58. The third-order valence-electron chi connectivity index (χ3n) is 4.52. The first kappa shape index (κ1) is 16.5. The van der Waals surface area contributed by atoms with Crippen LogP contribution in [0.25, 0.3) is 0 Å². The summed E-state index contributed by atoms with van der Waals surface area (Å²) in [6, 6.07) is 9.04. The Kier molecular flexibility index (Phi) is 4.83. The summed E-state index contributed by atoms with van der Waals surface area (Å²) in [5, 5.41) is 12.8. The molecule has 0 saturated carbocycles. The van der Waals surface area contributed by atoms with E-state index in [0.717, 1.165) is 5.56 Å². The van der Waals surface area contributed by atoms with Crippen molar-refractivity contribution in [2.24, 2.45) is 11.8 Å². The van der Waals surface area contributed by atoms with E-state index < -0.39 is 23.4 Å². The third kappa shape index (κ3) is 2.38. The van der Waals surface area contributed by atoms with E-state index >= 15 is 0 Å². The fraction of sp³-hybridized carbons (Fsp3) is 0.500. The maximum Gasteiger partial charge on any atom is 0.338 e. The average molecular weight is 307 g/mol. The summed E-state index contributed by atoms with van der Waals surface area (Å²) in [6.07, 6.45) is 0. The highest BCUT2D eigenvalue weighted by atomic mass is 16.5. The molecule has 0 bridgehead atoms. The minimum Gasteiger partial charge on any atom is -0.467 e. The highest BCUT2D eigenvalue weighted by Gasteiger charge is 2.62. The fourth-order valence-corrected chi connectivity index (χ4v) is 3.24. The van der Waals surface area contributed by atoms with Crippen molar-refractivity contribution in [2.45, 2.75) is 18.5 Å². The Morgan fingerprint density at radius 1 is 1.18 bits per heavy atom. The number of rotatable bonds is 4. The predicted molar refractivity (Wildman–Crippen MR) is 78.8 cm³/mol. The summed E-state index contributed by atoms with van der Waals surface area (Å²) in [4.78, 5) is 24.6. The number of ether oxygens (including phenoxy) is 2. The number of aliphatic hydroxyl groups is 1. The molecule has 1 aromatic carbocycles. The largest absolute Gasteiger partial charge is 0.467 e. The SMILES string of the molecule is COC(=O)C1(C(=O)OC)N[C@H](c2ccccc2)[C@H](CO)[C@H]1C. The van der Waals surface area contributed by atoms with Crippen molar-refractivity contribution >= 4 is 11.9 Å². The van der Waals surface area contributed by atoms with E-state index in [9.17, 15) is 14.7 Å². The van der Waals surface area contributed by atoms with Crippen molar-refractivity contribution < 1.29 is 24.2 Å². The molecule has 0 unspecified atom stereocenters. The Morgan fingerprint density at radius 3 is 2.18 bits per heavy atom. The van der Waals surface area contributed by atoms with E-state index in [1.807, 2.05) is 30.3 Å². The lowest BCUT2D eigenvalue weighted by molar-refractivity contribution is -0.165. The van der Waals surface area contributed by atoms with Gasteiger partial charge in [-0.3, -0.25) is 5.32 Å². The quantitative estimate of drug-likeness (QED) is 0.628. The zero-order valence-electron chi connectivity index (χ0n) is 12.9. The van der Waals surface area contributed by atoms with E-state index in [1.54, 1.807) is 6.92 Å². The molecule has 0 aliphatic carbocycles. The molecular formula is C16H21NO5. The predicted octanol–water partition coefficient (Wildman–Crippen LogP) is 0.660. The highest BCUT2D eigenvalue weighted by molar-refractivity contribution is 6.06. The molecule has 0 amide bonds. The lowest BCUT2D eigenvalue weighted by atomic mass is 9.79. The second-order valence-electron chi connectivity index (χ2n) is 5.46. The molecule has 2 rings (SSSR count). The summed E-state index contributed by atoms with van der Waals surface area (Å²) in [7, 11) is 2.45. The Balaban J connectivity index is 2.49. The summed E-state index contributed by atoms with van der Waals surface area (Å²) in [5.74, 6) is -2.21. The molecule has 6 nitrogen and oxygen atoms in total. The Bertz CT molecular complexity index is 529. The Morgan fingerprint density at radius 2 is 1.73 bits per heavy atom. The van der Waals surface area contributed by atoms with Crippen LogP contribution in [0.4, 0.5) is 0 Å². The van der Waals surface area contributed by atoms with Crippen molar-refractivity contribution in [1.82, 2.24) is 5.32 Å². The molecule has 120 valence electrons. The first-order valence-electron chi connectivity index (χ1n) is 7.13. The van der Waals surface area contributed by atoms with Crippen LogP contribution >= 0.6 is 0 Å². The molecule has 1 aliphatic heterocycles. The number of hydrogen-bond acceptors (Lipinski definition) is 6. The van der Waals surface area contributed by atoms with Gasteiger partial charge in [0.15, 0.2) is 0 Å². The van der Waals surface area contributed by atoms with Crippen LogP contribution in [0.5, 0.6) is 0 Å². The molecule has 6 heteroatoms. The van der Waals surface area contributed by atoms with Crippen LogP contribution in [0.2, 0.25) is 0 Å². The lowest BCUT2D eigenvalue weighted by Crippen LogP contribution is -2.59. The monoisotopic (exact) mass is 307 g/mol. The zero-order chi connectivity index (χ0) is 16.3. The van der Waals surface area contributed by atoms with Crippen molar-refractivity contribution in [1.29, 1.82) is 0 Å². The third-order valence-corrected chi connectivity index (χ3v) is 4.52. The second kappa shape index (κ2) is 6.46. The minimum atomic E-state index is -1.61. The van der Waals surface area contributed by atoms with Gasteiger partial charge in [0.1, 0.15) is 0 Å². The van der Waals surface area contributed by atoms with Crippen molar-refractivity contribution in [2.75, 3.05) is 20.8 Å². The summed E-state index contributed by atoms with van der Waals surface area (Å²) in [5.41, 5.74) is -0.722. The number of carbonyl (C=O) groups is 2. The molecule has 22 heavy (non-hydrogen) atoms. The molecule has 1 aromatic rings. The minimum absolute atomic E-state index is 0.163. The van der Waals surface area contributed by atoms with Gasteiger partial charge in [0.2, 0.25) is 5.54 Å². The van der Waals surface area contributed by atoms with Crippen LogP contribution in [-0.2, 0) is 19.1 Å². The lowest BCUT2D eigenvalue weighted by Gasteiger charge is -2.28. The zero-order valence-corrected chi connectivity index (χ0v) is 12.9.